The van der Waals surface area contributed by atoms with Gasteiger partial charge >= 0.3 is 0 Å². The van der Waals surface area contributed by atoms with Gasteiger partial charge in [0.2, 0.25) is 0 Å². The molecule has 0 heterocycles. The van der Waals surface area contributed by atoms with Gasteiger partial charge in [-0.3, -0.25) is 0 Å². The van der Waals surface area contributed by atoms with Crippen LogP contribution in [0.2, 0.25) is 0 Å². The zero-order chi connectivity index (χ0) is 10.8. The third-order valence-corrected chi connectivity index (χ3v) is 4.18. The van der Waals surface area contributed by atoms with Gasteiger partial charge in [-0.1, -0.05) is 24.3 Å². The third-order valence-electron chi connectivity index (χ3n) is 2.13. The highest BCUT2D eigenvalue weighted by Gasteiger charge is 2.05. The van der Waals surface area contributed by atoms with E-state index in [1.807, 2.05) is 30.3 Å². The maximum absolute atomic E-state index is 9.21. The van der Waals surface area contributed by atoms with E-state index in [9.17, 15) is 5.11 Å². The summed E-state index contributed by atoms with van der Waals surface area (Å²) < 4.78 is 2.05. The maximum Gasteiger partial charge on any atom is 0.115 e. The standard InChI is InChI=1S/C12H8Br2O/c13-11-3-1-2-10(12(11)14)8-4-6-9(15)7-5-8/h1-7,15H. The molecule has 1 N–H and O–H groups in total. The van der Waals surface area contributed by atoms with Crippen molar-refractivity contribution in [1.29, 1.82) is 0 Å². The Balaban J connectivity index is 2.54. The van der Waals surface area contributed by atoms with Crippen molar-refractivity contribution in [2.24, 2.45) is 0 Å². The molecule has 0 spiro atoms. The van der Waals surface area contributed by atoms with Crippen LogP contribution in [0.1, 0.15) is 0 Å². The molecule has 0 aliphatic rings. The monoisotopic (exact) mass is 326 g/mol. The Morgan fingerprint density at radius 3 is 2.20 bits per heavy atom. The molecule has 0 radical (unpaired) electrons. The van der Waals surface area contributed by atoms with Crippen LogP contribution < -0.4 is 0 Å². The van der Waals surface area contributed by atoms with Crippen molar-refractivity contribution in [2.75, 3.05) is 0 Å². The average molecular weight is 328 g/mol. The largest absolute Gasteiger partial charge is 0.508 e. The molecule has 0 bridgehead atoms. The van der Waals surface area contributed by atoms with E-state index in [-0.39, 0.29) is 5.75 Å². The second-order valence-corrected chi connectivity index (χ2v) is 4.80. The van der Waals surface area contributed by atoms with Gasteiger partial charge < -0.3 is 5.11 Å². The molecule has 0 fully saturated rings. The number of rotatable bonds is 1. The summed E-state index contributed by atoms with van der Waals surface area (Å²) in [5, 5.41) is 9.21. The molecule has 0 atom stereocenters. The molecular formula is C12H8Br2O. The van der Waals surface area contributed by atoms with E-state index in [1.54, 1.807) is 12.1 Å². The van der Waals surface area contributed by atoms with Crippen LogP contribution in [0.15, 0.2) is 51.4 Å². The lowest BCUT2D eigenvalue weighted by Crippen LogP contribution is -1.80. The van der Waals surface area contributed by atoms with Gasteiger partial charge in [0.1, 0.15) is 5.75 Å². The summed E-state index contributed by atoms with van der Waals surface area (Å²) in [4.78, 5) is 0. The number of benzene rings is 2. The van der Waals surface area contributed by atoms with Crippen molar-refractivity contribution in [3.05, 3.63) is 51.4 Å². The first kappa shape index (κ1) is 10.7. The van der Waals surface area contributed by atoms with E-state index in [0.29, 0.717) is 0 Å². The summed E-state index contributed by atoms with van der Waals surface area (Å²) in [6.45, 7) is 0. The summed E-state index contributed by atoms with van der Waals surface area (Å²) in [7, 11) is 0. The molecule has 0 aliphatic carbocycles. The van der Waals surface area contributed by atoms with Crippen molar-refractivity contribution in [1.82, 2.24) is 0 Å². The smallest absolute Gasteiger partial charge is 0.115 e. The Labute approximate surface area is 105 Å². The molecule has 76 valence electrons. The van der Waals surface area contributed by atoms with Crippen LogP contribution in [0, 0.1) is 0 Å². The predicted molar refractivity (Wildman–Crippen MR) is 68.9 cm³/mol. The molecule has 0 aromatic heterocycles. The van der Waals surface area contributed by atoms with Crippen LogP contribution in [0.5, 0.6) is 5.75 Å². The summed E-state index contributed by atoms with van der Waals surface area (Å²) in [5.74, 6) is 0.282. The topological polar surface area (TPSA) is 20.2 Å². The highest BCUT2D eigenvalue weighted by Crippen LogP contribution is 2.34. The number of hydrogen-bond donors (Lipinski definition) is 1. The van der Waals surface area contributed by atoms with Crippen molar-refractivity contribution in [2.45, 2.75) is 0 Å². The quantitative estimate of drug-likeness (QED) is 0.812. The molecular weight excluding hydrogens is 320 g/mol. The minimum absolute atomic E-state index is 0.282. The molecule has 2 aromatic rings. The lowest BCUT2D eigenvalue weighted by Gasteiger charge is -2.06. The minimum atomic E-state index is 0.282. The lowest BCUT2D eigenvalue weighted by molar-refractivity contribution is 0.475. The fourth-order valence-corrected chi connectivity index (χ4v) is 2.23. The van der Waals surface area contributed by atoms with Gasteiger partial charge in [-0.25, -0.2) is 0 Å². The molecule has 0 aliphatic heterocycles. The van der Waals surface area contributed by atoms with Crippen molar-refractivity contribution in [3.63, 3.8) is 0 Å². The molecule has 15 heavy (non-hydrogen) atoms. The van der Waals surface area contributed by atoms with Gasteiger partial charge in [-0.05, 0) is 61.2 Å². The lowest BCUT2D eigenvalue weighted by atomic mass is 10.1. The van der Waals surface area contributed by atoms with Gasteiger partial charge in [-0.15, -0.1) is 0 Å². The van der Waals surface area contributed by atoms with Gasteiger partial charge in [0.25, 0.3) is 0 Å². The molecule has 0 saturated heterocycles. The first-order valence-electron chi connectivity index (χ1n) is 4.42. The fourth-order valence-electron chi connectivity index (χ4n) is 1.37. The number of hydrogen-bond acceptors (Lipinski definition) is 1. The zero-order valence-electron chi connectivity index (χ0n) is 7.74. The van der Waals surface area contributed by atoms with E-state index in [2.05, 4.69) is 31.9 Å². The Morgan fingerprint density at radius 2 is 1.53 bits per heavy atom. The van der Waals surface area contributed by atoms with Crippen LogP contribution in [0.3, 0.4) is 0 Å². The summed E-state index contributed by atoms with van der Waals surface area (Å²) in [6, 6.07) is 13.1. The highest BCUT2D eigenvalue weighted by molar-refractivity contribution is 9.13. The molecule has 2 aromatic carbocycles. The first-order chi connectivity index (χ1) is 7.18. The van der Waals surface area contributed by atoms with Crippen LogP contribution in [-0.4, -0.2) is 5.11 Å². The average Bonchev–Trinajstić information content (AvgIpc) is 2.24. The summed E-state index contributed by atoms with van der Waals surface area (Å²) in [5.41, 5.74) is 2.17. The summed E-state index contributed by atoms with van der Waals surface area (Å²) >= 11 is 6.99. The molecule has 0 saturated carbocycles. The predicted octanol–water partition coefficient (Wildman–Crippen LogP) is 4.58. The minimum Gasteiger partial charge on any atom is -0.508 e. The van der Waals surface area contributed by atoms with E-state index < -0.39 is 0 Å². The number of phenolic OH excluding ortho intramolecular Hbond substituents is 1. The van der Waals surface area contributed by atoms with Gasteiger partial charge in [0.05, 0.1) is 0 Å². The Kier molecular flexibility index (Phi) is 3.12. The molecule has 1 nitrogen and oxygen atoms in total. The second-order valence-electron chi connectivity index (χ2n) is 3.15. The van der Waals surface area contributed by atoms with E-state index in [0.717, 1.165) is 20.1 Å². The fraction of sp³-hybridized carbons (Fsp3) is 0. The molecule has 0 unspecified atom stereocenters. The van der Waals surface area contributed by atoms with Crippen molar-refractivity contribution >= 4 is 31.9 Å². The van der Waals surface area contributed by atoms with E-state index >= 15 is 0 Å². The van der Waals surface area contributed by atoms with Crippen LogP contribution >= 0.6 is 31.9 Å². The number of halogens is 2. The van der Waals surface area contributed by atoms with Crippen LogP contribution in [-0.2, 0) is 0 Å². The Morgan fingerprint density at radius 1 is 0.867 bits per heavy atom. The molecule has 0 amide bonds. The first-order valence-corrected chi connectivity index (χ1v) is 6.00. The van der Waals surface area contributed by atoms with Crippen LogP contribution in [0.4, 0.5) is 0 Å². The maximum atomic E-state index is 9.21. The Hall–Kier alpha value is -0.800. The summed E-state index contributed by atoms with van der Waals surface area (Å²) in [6.07, 6.45) is 0. The van der Waals surface area contributed by atoms with Gasteiger partial charge in [0, 0.05) is 8.95 Å². The second kappa shape index (κ2) is 4.37. The highest BCUT2D eigenvalue weighted by atomic mass is 79.9. The van der Waals surface area contributed by atoms with Crippen molar-refractivity contribution in [3.8, 4) is 16.9 Å². The number of phenols is 1. The molecule has 2 rings (SSSR count). The normalized spacial score (nSPS) is 10.3. The third kappa shape index (κ3) is 2.24. The Bertz CT molecular complexity index is 477. The number of aromatic hydroxyl groups is 1. The SMILES string of the molecule is Oc1ccc(-c2cccc(Br)c2Br)cc1. The van der Waals surface area contributed by atoms with Crippen LogP contribution in [0.25, 0.3) is 11.1 Å². The van der Waals surface area contributed by atoms with Gasteiger partial charge in [0.15, 0.2) is 0 Å². The van der Waals surface area contributed by atoms with E-state index in [4.69, 9.17) is 0 Å². The van der Waals surface area contributed by atoms with Gasteiger partial charge in [-0.2, -0.15) is 0 Å². The molecule has 3 heteroatoms. The zero-order valence-corrected chi connectivity index (χ0v) is 10.9. The van der Waals surface area contributed by atoms with E-state index in [1.165, 1.54) is 0 Å². The van der Waals surface area contributed by atoms with Crippen molar-refractivity contribution < 1.29 is 5.11 Å².